The fraction of sp³-hybridized carbons (Fsp3) is 1.00. The van der Waals surface area contributed by atoms with Crippen LogP contribution in [0.5, 0.6) is 0 Å². The summed E-state index contributed by atoms with van der Waals surface area (Å²) in [5, 5.41) is 8.57. The topological polar surface area (TPSA) is 20.2 Å². The Kier molecular flexibility index (Phi) is 10.6. The number of halogens is 1. The van der Waals surface area contributed by atoms with Crippen molar-refractivity contribution in [1.82, 2.24) is 0 Å². The fourth-order valence-corrected chi connectivity index (χ4v) is 1.16. The molecule has 0 saturated carbocycles. The summed E-state index contributed by atoms with van der Waals surface area (Å²) >= 11 is 0. The normalized spacial score (nSPS) is 11.1. The van der Waals surface area contributed by atoms with Crippen LogP contribution in [0.3, 0.4) is 0 Å². The first kappa shape index (κ1) is 15.7. The van der Waals surface area contributed by atoms with Crippen LogP contribution in [-0.2, 0) is 0 Å². The van der Waals surface area contributed by atoms with Gasteiger partial charge in [0.2, 0.25) is 0 Å². The van der Waals surface area contributed by atoms with Gasteiger partial charge in [-0.05, 0) is 26.2 Å². The molecule has 0 aromatic heterocycles. The van der Waals surface area contributed by atoms with Crippen molar-refractivity contribution in [3.8, 4) is 0 Å². The first-order valence-electron chi connectivity index (χ1n) is 5.05. The van der Waals surface area contributed by atoms with Crippen LogP contribution in [0.15, 0.2) is 0 Å². The summed E-state index contributed by atoms with van der Waals surface area (Å²) in [5.41, 5.74) is 0. The third-order valence-electron chi connectivity index (χ3n) is 2.53. The molecule has 0 unspecified atom stereocenters. The number of rotatable bonds is 7. The Bertz CT molecular complexity index is 107. The highest BCUT2D eigenvalue weighted by Gasteiger charge is 2.09. The summed E-state index contributed by atoms with van der Waals surface area (Å²) in [6.07, 6.45) is 4.71. The van der Waals surface area contributed by atoms with Gasteiger partial charge in [-0.1, -0.05) is 6.42 Å². The highest BCUT2D eigenvalue weighted by atomic mass is 35.5. The molecule has 2 nitrogen and oxygen atoms in total. The molecule has 0 aromatic rings. The fourth-order valence-electron chi connectivity index (χ4n) is 1.16. The molecule has 0 spiro atoms. The van der Waals surface area contributed by atoms with E-state index in [1.165, 1.54) is 32.4 Å². The van der Waals surface area contributed by atoms with Crippen LogP contribution in [0.2, 0.25) is 0 Å². The van der Waals surface area contributed by atoms with Gasteiger partial charge < -0.3 is 22.0 Å². The van der Waals surface area contributed by atoms with E-state index in [0.717, 1.165) is 10.9 Å². The molecule has 0 amide bonds. The van der Waals surface area contributed by atoms with Gasteiger partial charge in [0, 0.05) is 6.61 Å². The number of unbranched alkanes of at least 4 members (excludes halogenated alkanes) is 3. The van der Waals surface area contributed by atoms with Crippen LogP contribution in [0.1, 0.15) is 32.6 Å². The molecule has 0 aliphatic heterocycles. The summed E-state index contributed by atoms with van der Waals surface area (Å²) in [6.45, 7) is 5.06. The molecule has 0 bridgehead atoms. The largest absolute Gasteiger partial charge is 1.00 e. The van der Waals surface area contributed by atoms with Gasteiger partial charge in [-0.3, -0.25) is 0 Å². The summed E-state index contributed by atoms with van der Waals surface area (Å²) < 4.78 is 1.12. The Hall–Kier alpha value is 0.210. The van der Waals surface area contributed by atoms with Gasteiger partial charge in [-0.15, -0.1) is 0 Å². The molecular formula is C10H24ClNO. The van der Waals surface area contributed by atoms with E-state index in [1.807, 2.05) is 0 Å². The molecule has 0 heterocycles. The van der Waals surface area contributed by atoms with E-state index in [2.05, 4.69) is 21.0 Å². The molecule has 1 N–H and O–H groups in total. The molecule has 13 heavy (non-hydrogen) atoms. The molecule has 3 heteroatoms. The van der Waals surface area contributed by atoms with Crippen molar-refractivity contribution in [1.29, 1.82) is 0 Å². The maximum atomic E-state index is 8.57. The first-order valence-corrected chi connectivity index (χ1v) is 5.05. The van der Waals surface area contributed by atoms with E-state index in [9.17, 15) is 0 Å². The molecule has 0 aliphatic carbocycles. The SMILES string of the molecule is CC[N+](C)(C)CCCCCCO.[Cl-]. The molecule has 0 aromatic carbocycles. The zero-order valence-electron chi connectivity index (χ0n) is 9.22. The quantitative estimate of drug-likeness (QED) is 0.406. The average molecular weight is 210 g/mol. The van der Waals surface area contributed by atoms with Crippen LogP contribution in [-0.4, -0.2) is 43.4 Å². The number of quaternary nitrogens is 1. The maximum Gasteiger partial charge on any atom is 0.0782 e. The van der Waals surface area contributed by atoms with Crippen molar-refractivity contribution in [2.24, 2.45) is 0 Å². The summed E-state index contributed by atoms with van der Waals surface area (Å²) in [4.78, 5) is 0. The van der Waals surface area contributed by atoms with Gasteiger partial charge in [0.25, 0.3) is 0 Å². The van der Waals surface area contributed by atoms with E-state index in [0.29, 0.717) is 6.61 Å². The van der Waals surface area contributed by atoms with E-state index in [-0.39, 0.29) is 12.4 Å². The standard InChI is InChI=1S/C10H24NO.ClH/c1-4-11(2,3)9-7-5-6-8-10-12;/h12H,4-10H2,1-3H3;1H/q+1;/p-1. The van der Waals surface area contributed by atoms with Crippen molar-refractivity contribution in [3.63, 3.8) is 0 Å². The number of nitrogens with zero attached hydrogens (tertiary/aromatic N) is 1. The highest BCUT2D eigenvalue weighted by Crippen LogP contribution is 2.04. The number of hydrogen-bond acceptors (Lipinski definition) is 1. The average Bonchev–Trinajstić information content (AvgIpc) is 2.04. The molecule has 0 atom stereocenters. The van der Waals surface area contributed by atoms with Gasteiger partial charge in [-0.25, -0.2) is 0 Å². The first-order chi connectivity index (χ1) is 5.62. The minimum absolute atomic E-state index is 0. The highest BCUT2D eigenvalue weighted by molar-refractivity contribution is 4.41. The second-order valence-corrected chi connectivity index (χ2v) is 4.11. The van der Waals surface area contributed by atoms with Crippen molar-refractivity contribution < 1.29 is 22.0 Å². The van der Waals surface area contributed by atoms with E-state index in [1.54, 1.807) is 0 Å². The van der Waals surface area contributed by atoms with Gasteiger partial charge in [0.15, 0.2) is 0 Å². The lowest BCUT2D eigenvalue weighted by molar-refractivity contribution is -0.888. The summed E-state index contributed by atoms with van der Waals surface area (Å²) in [5.74, 6) is 0. The third-order valence-corrected chi connectivity index (χ3v) is 2.53. The zero-order valence-corrected chi connectivity index (χ0v) is 9.98. The van der Waals surface area contributed by atoms with Gasteiger partial charge in [0.1, 0.15) is 0 Å². The number of hydrogen-bond donors (Lipinski definition) is 1. The van der Waals surface area contributed by atoms with Gasteiger partial charge >= 0.3 is 0 Å². The molecule has 0 aliphatic rings. The van der Waals surface area contributed by atoms with Crippen LogP contribution in [0.25, 0.3) is 0 Å². The lowest BCUT2D eigenvalue weighted by Gasteiger charge is -2.28. The van der Waals surface area contributed by atoms with Crippen molar-refractivity contribution >= 4 is 0 Å². The summed E-state index contributed by atoms with van der Waals surface area (Å²) in [6, 6.07) is 0. The van der Waals surface area contributed by atoms with E-state index >= 15 is 0 Å². The molecular weight excluding hydrogens is 186 g/mol. The second-order valence-electron chi connectivity index (χ2n) is 4.11. The van der Waals surface area contributed by atoms with Crippen LogP contribution >= 0.6 is 0 Å². The second kappa shape index (κ2) is 8.79. The lowest BCUT2D eigenvalue weighted by atomic mass is 10.2. The van der Waals surface area contributed by atoms with Gasteiger partial charge in [-0.2, -0.15) is 0 Å². The Labute approximate surface area is 88.9 Å². The lowest BCUT2D eigenvalue weighted by Crippen LogP contribution is -3.00. The Morgan fingerprint density at radius 3 is 2.00 bits per heavy atom. The predicted octanol–water partition coefficient (Wildman–Crippen LogP) is -1.36. The van der Waals surface area contributed by atoms with Crippen molar-refractivity contribution in [3.05, 3.63) is 0 Å². The van der Waals surface area contributed by atoms with Crippen LogP contribution in [0, 0.1) is 0 Å². The van der Waals surface area contributed by atoms with Crippen LogP contribution in [0.4, 0.5) is 0 Å². The third kappa shape index (κ3) is 10.1. The molecule has 0 fully saturated rings. The summed E-state index contributed by atoms with van der Waals surface area (Å²) in [7, 11) is 4.54. The van der Waals surface area contributed by atoms with Gasteiger partial charge in [0.05, 0.1) is 27.2 Å². The number of aliphatic hydroxyl groups excluding tert-OH is 1. The number of aliphatic hydroxyl groups is 1. The molecule has 0 radical (unpaired) electrons. The van der Waals surface area contributed by atoms with E-state index < -0.39 is 0 Å². The smallest absolute Gasteiger partial charge is 0.0782 e. The Balaban J connectivity index is 0. The Morgan fingerprint density at radius 1 is 1.00 bits per heavy atom. The van der Waals surface area contributed by atoms with Crippen LogP contribution < -0.4 is 12.4 Å². The van der Waals surface area contributed by atoms with Crippen molar-refractivity contribution in [2.45, 2.75) is 32.6 Å². The maximum absolute atomic E-state index is 8.57. The Morgan fingerprint density at radius 2 is 1.54 bits per heavy atom. The molecule has 0 rings (SSSR count). The van der Waals surface area contributed by atoms with E-state index in [4.69, 9.17) is 5.11 Å². The minimum atomic E-state index is 0. The van der Waals surface area contributed by atoms with Crippen molar-refractivity contribution in [2.75, 3.05) is 33.8 Å². The molecule has 82 valence electrons. The zero-order chi connectivity index (χ0) is 9.45. The monoisotopic (exact) mass is 209 g/mol. The minimum Gasteiger partial charge on any atom is -1.00 e. The molecule has 0 saturated heterocycles. The predicted molar refractivity (Wildman–Crippen MR) is 53.1 cm³/mol.